The number of nitrogens with two attached hydrogens (primary N) is 1. The lowest BCUT2D eigenvalue weighted by Gasteiger charge is -2.08. The fourth-order valence-electron chi connectivity index (χ4n) is 1.64. The van der Waals surface area contributed by atoms with E-state index in [1.807, 2.05) is 24.3 Å². The second kappa shape index (κ2) is 6.36. The Labute approximate surface area is 123 Å². The predicted octanol–water partition coefficient (Wildman–Crippen LogP) is 3.22. The molecule has 0 aliphatic heterocycles. The van der Waals surface area contributed by atoms with Gasteiger partial charge in [-0.05, 0) is 35.9 Å². The van der Waals surface area contributed by atoms with Gasteiger partial charge in [0, 0.05) is 10.5 Å². The number of nitrogen functional groups attached to an aromatic ring is 1. The topological polar surface area (TPSA) is 90.4 Å². The molecule has 0 aliphatic rings. The van der Waals surface area contributed by atoms with Crippen LogP contribution in [0.2, 0.25) is 0 Å². The molecule has 2 rings (SSSR count). The quantitative estimate of drug-likeness (QED) is 0.496. The molecule has 0 radical (unpaired) electrons. The lowest BCUT2D eigenvalue weighted by Crippen LogP contribution is -2.09. The number of hydrogen-bond acceptors (Lipinski definition) is 5. The Balaban J connectivity index is 2.11. The minimum atomic E-state index is -0.488. The average Bonchev–Trinajstić information content (AvgIpc) is 2.46. The van der Waals surface area contributed by atoms with Crippen LogP contribution in [-0.4, -0.2) is 4.92 Å². The Hall–Kier alpha value is -2.12. The van der Waals surface area contributed by atoms with Gasteiger partial charge in [-0.15, -0.1) is 0 Å². The molecule has 2 aromatic carbocycles. The van der Waals surface area contributed by atoms with Gasteiger partial charge >= 0.3 is 0 Å². The van der Waals surface area contributed by atoms with Crippen LogP contribution >= 0.6 is 15.9 Å². The first-order chi connectivity index (χ1) is 9.60. The van der Waals surface area contributed by atoms with E-state index in [-0.39, 0.29) is 18.0 Å². The van der Waals surface area contributed by atoms with Crippen molar-refractivity contribution < 1.29 is 9.66 Å². The number of nitrogens with zero attached hydrogens (tertiary/aromatic N) is 1. The maximum Gasteiger partial charge on any atom is 0.294 e. The van der Waals surface area contributed by atoms with Crippen molar-refractivity contribution in [1.29, 1.82) is 0 Å². The molecule has 0 atom stereocenters. The van der Waals surface area contributed by atoms with Crippen molar-refractivity contribution in [1.82, 2.24) is 0 Å². The van der Waals surface area contributed by atoms with E-state index in [9.17, 15) is 10.1 Å². The van der Waals surface area contributed by atoms with Crippen molar-refractivity contribution in [3.63, 3.8) is 0 Å². The third-order valence-electron chi connectivity index (χ3n) is 2.63. The van der Waals surface area contributed by atoms with E-state index in [0.717, 1.165) is 4.47 Å². The summed E-state index contributed by atoms with van der Waals surface area (Å²) in [4.78, 5) is 10.4. The molecule has 0 bridgehead atoms. The highest BCUT2D eigenvalue weighted by Gasteiger charge is 2.13. The zero-order valence-electron chi connectivity index (χ0n) is 10.4. The second-order valence-electron chi connectivity index (χ2n) is 4.00. The number of hydrogen-bond donors (Lipinski definition) is 2. The highest BCUT2D eigenvalue weighted by Crippen LogP contribution is 2.25. The fourth-order valence-corrected chi connectivity index (χ4v) is 1.90. The summed E-state index contributed by atoms with van der Waals surface area (Å²) in [5.41, 5.74) is 3.18. The summed E-state index contributed by atoms with van der Waals surface area (Å²) in [6.07, 6.45) is 0. The van der Waals surface area contributed by atoms with E-state index in [4.69, 9.17) is 10.6 Å². The van der Waals surface area contributed by atoms with Crippen molar-refractivity contribution >= 4 is 27.3 Å². The van der Waals surface area contributed by atoms with E-state index in [1.54, 1.807) is 12.1 Å². The van der Waals surface area contributed by atoms with Crippen LogP contribution in [-0.2, 0) is 6.61 Å². The summed E-state index contributed by atoms with van der Waals surface area (Å²) in [6.45, 7) is 0.243. The van der Waals surface area contributed by atoms with Crippen LogP contribution < -0.4 is 16.0 Å². The van der Waals surface area contributed by atoms with Crippen LogP contribution in [0.5, 0.6) is 5.75 Å². The zero-order valence-corrected chi connectivity index (χ0v) is 12.0. The molecule has 6 nitrogen and oxygen atoms in total. The van der Waals surface area contributed by atoms with Crippen molar-refractivity contribution in [3.8, 4) is 5.75 Å². The minimum absolute atomic E-state index is 0.0793. The van der Waals surface area contributed by atoms with E-state index in [2.05, 4.69) is 21.4 Å². The number of nitrogens with one attached hydrogen (secondary N) is 1. The molecule has 0 saturated heterocycles. The summed E-state index contributed by atoms with van der Waals surface area (Å²) in [6, 6.07) is 12.1. The molecule has 0 amide bonds. The molecule has 0 aliphatic carbocycles. The second-order valence-corrected chi connectivity index (χ2v) is 4.91. The van der Waals surface area contributed by atoms with Crippen molar-refractivity contribution in [2.24, 2.45) is 5.84 Å². The van der Waals surface area contributed by atoms with E-state index >= 15 is 0 Å². The van der Waals surface area contributed by atoms with Gasteiger partial charge in [0.1, 0.15) is 18.0 Å². The van der Waals surface area contributed by atoms with Crippen LogP contribution in [0.15, 0.2) is 46.9 Å². The lowest BCUT2D eigenvalue weighted by atomic mass is 10.2. The number of benzene rings is 2. The number of nitro groups is 1. The molecule has 0 aromatic heterocycles. The van der Waals surface area contributed by atoms with Gasteiger partial charge in [0.15, 0.2) is 0 Å². The lowest BCUT2D eigenvalue weighted by molar-refractivity contribution is -0.384. The molecule has 0 unspecified atom stereocenters. The maximum absolute atomic E-state index is 10.9. The smallest absolute Gasteiger partial charge is 0.294 e. The Kier molecular flexibility index (Phi) is 4.54. The van der Waals surface area contributed by atoms with Gasteiger partial charge < -0.3 is 10.2 Å². The van der Waals surface area contributed by atoms with Crippen molar-refractivity contribution in [3.05, 3.63) is 62.6 Å². The fraction of sp³-hybridized carbons (Fsp3) is 0.0769. The summed E-state index contributed by atoms with van der Waals surface area (Å²) in [5.74, 6) is 5.92. The van der Waals surface area contributed by atoms with Crippen LogP contribution in [0.25, 0.3) is 0 Å². The molecule has 104 valence electrons. The average molecular weight is 338 g/mol. The van der Waals surface area contributed by atoms with Crippen LogP contribution in [0, 0.1) is 10.1 Å². The van der Waals surface area contributed by atoms with Crippen molar-refractivity contribution in [2.75, 3.05) is 5.43 Å². The number of hydrazine groups is 1. The van der Waals surface area contributed by atoms with Crippen LogP contribution in [0.4, 0.5) is 11.4 Å². The van der Waals surface area contributed by atoms with Crippen LogP contribution in [0.1, 0.15) is 5.56 Å². The highest BCUT2D eigenvalue weighted by molar-refractivity contribution is 9.10. The van der Waals surface area contributed by atoms with Gasteiger partial charge in [-0.2, -0.15) is 0 Å². The normalized spacial score (nSPS) is 10.1. The standard InChI is InChI=1S/C13H12BrN3O3/c14-10-2-4-11(5-3-10)20-8-9-1-6-12(16-15)13(7-9)17(18)19/h1-7,16H,8,15H2. The third kappa shape index (κ3) is 3.46. The van der Waals surface area contributed by atoms with Gasteiger partial charge in [0.05, 0.1) is 4.92 Å². The molecule has 7 heteroatoms. The first-order valence-electron chi connectivity index (χ1n) is 5.72. The number of ether oxygens (including phenoxy) is 1. The zero-order chi connectivity index (χ0) is 14.5. The number of rotatable bonds is 5. The molecule has 2 aromatic rings. The SMILES string of the molecule is NNc1ccc(COc2ccc(Br)cc2)cc1[N+](=O)[O-]. The first kappa shape index (κ1) is 14.3. The Morgan fingerprint density at radius 3 is 2.55 bits per heavy atom. The molecule has 0 heterocycles. The summed E-state index contributed by atoms with van der Waals surface area (Å²) in [5, 5.41) is 10.9. The van der Waals surface area contributed by atoms with Gasteiger partial charge in [-0.1, -0.05) is 22.0 Å². The molecule has 0 spiro atoms. The predicted molar refractivity (Wildman–Crippen MR) is 79.4 cm³/mol. The molecular formula is C13H12BrN3O3. The molecule has 20 heavy (non-hydrogen) atoms. The summed E-state index contributed by atoms with van der Waals surface area (Å²) < 4.78 is 6.52. The first-order valence-corrected chi connectivity index (χ1v) is 6.52. The largest absolute Gasteiger partial charge is 0.489 e. The molecule has 3 N–H and O–H groups in total. The van der Waals surface area contributed by atoms with E-state index in [1.165, 1.54) is 6.07 Å². The molecular weight excluding hydrogens is 326 g/mol. The van der Waals surface area contributed by atoms with Gasteiger partial charge in [-0.3, -0.25) is 16.0 Å². The van der Waals surface area contributed by atoms with Gasteiger partial charge in [0.25, 0.3) is 5.69 Å². The number of anilines is 1. The third-order valence-corrected chi connectivity index (χ3v) is 3.16. The summed E-state index contributed by atoms with van der Waals surface area (Å²) >= 11 is 3.33. The maximum atomic E-state index is 10.9. The van der Waals surface area contributed by atoms with Crippen LogP contribution in [0.3, 0.4) is 0 Å². The van der Waals surface area contributed by atoms with Crippen molar-refractivity contribution in [2.45, 2.75) is 6.61 Å². The van der Waals surface area contributed by atoms with E-state index < -0.39 is 4.92 Å². The van der Waals surface area contributed by atoms with Gasteiger partial charge in [-0.25, -0.2) is 0 Å². The molecule has 0 saturated carbocycles. The Morgan fingerprint density at radius 1 is 1.25 bits per heavy atom. The number of nitro benzene ring substituents is 1. The monoisotopic (exact) mass is 337 g/mol. The van der Waals surface area contributed by atoms with Gasteiger partial charge in [0.2, 0.25) is 0 Å². The van der Waals surface area contributed by atoms with E-state index in [0.29, 0.717) is 11.3 Å². The summed E-state index contributed by atoms with van der Waals surface area (Å²) in [7, 11) is 0. The Morgan fingerprint density at radius 2 is 1.95 bits per heavy atom. The Bertz CT molecular complexity index is 617. The highest BCUT2D eigenvalue weighted by atomic mass is 79.9. The minimum Gasteiger partial charge on any atom is -0.489 e. The number of halogens is 1. The molecule has 0 fully saturated rings.